The zero-order valence-electron chi connectivity index (χ0n) is 15.0. The summed E-state index contributed by atoms with van der Waals surface area (Å²) in [7, 11) is 0. The number of rotatable bonds is 6. The number of aromatic nitrogens is 2. The molecule has 0 aliphatic carbocycles. The van der Waals surface area contributed by atoms with Gasteiger partial charge in [0.25, 0.3) is 0 Å². The minimum atomic E-state index is -0.309. The standard InChI is InChI=1S/C20H22BrFN4O/c1-2-10-26(14-16-13-17(21)4-5-18(16)22)19(27)15-6-11-25(12-7-15)20-23-8-3-9-24-20/h2-5,8-9,13,15H,1,6-7,10-12,14H2. The second-order valence-electron chi connectivity index (χ2n) is 6.55. The van der Waals surface area contributed by atoms with Crippen LogP contribution in [-0.2, 0) is 11.3 Å². The molecule has 142 valence electrons. The molecule has 0 saturated carbocycles. The zero-order chi connectivity index (χ0) is 19.2. The van der Waals surface area contributed by atoms with Gasteiger partial charge in [-0.1, -0.05) is 22.0 Å². The number of nitrogens with zero attached hydrogens (tertiary/aromatic N) is 4. The number of halogens is 2. The van der Waals surface area contributed by atoms with Gasteiger partial charge in [0, 0.05) is 54.5 Å². The molecule has 1 aromatic heterocycles. The molecule has 0 N–H and O–H groups in total. The molecule has 5 nitrogen and oxygen atoms in total. The summed E-state index contributed by atoms with van der Waals surface area (Å²) in [5.41, 5.74) is 0.495. The third kappa shape index (κ3) is 4.91. The third-order valence-electron chi connectivity index (χ3n) is 4.71. The molecule has 1 saturated heterocycles. The lowest BCUT2D eigenvalue weighted by atomic mass is 9.95. The van der Waals surface area contributed by atoms with Gasteiger partial charge >= 0.3 is 0 Å². The van der Waals surface area contributed by atoms with Crippen LogP contribution in [0.15, 0.2) is 53.8 Å². The molecule has 1 amide bonds. The van der Waals surface area contributed by atoms with E-state index in [1.165, 1.54) is 6.07 Å². The van der Waals surface area contributed by atoms with Crippen LogP contribution in [0, 0.1) is 11.7 Å². The van der Waals surface area contributed by atoms with E-state index in [0.29, 0.717) is 18.1 Å². The number of benzene rings is 1. The average Bonchev–Trinajstić information content (AvgIpc) is 2.70. The zero-order valence-corrected chi connectivity index (χ0v) is 16.6. The van der Waals surface area contributed by atoms with Crippen molar-refractivity contribution < 1.29 is 9.18 Å². The average molecular weight is 433 g/mol. The maximum absolute atomic E-state index is 14.1. The summed E-state index contributed by atoms with van der Waals surface area (Å²) >= 11 is 3.36. The van der Waals surface area contributed by atoms with Gasteiger partial charge in [-0.2, -0.15) is 0 Å². The number of anilines is 1. The predicted octanol–water partition coefficient (Wildman–Crippen LogP) is 3.81. The van der Waals surface area contributed by atoms with Gasteiger partial charge in [-0.15, -0.1) is 6.58 Å². The second-order valence-corrected chi connectivity index (χ2v) is 7.47. The monoisotopic (exact) mass is 432 g/mol. The van der Waals surface area contributed by atoms with Gasteiger partial charge < -0.3 is 9.80 Å². The maximum atomic E-state index is 14.1. The molecule has 27 heavy (non-hydrogen) atoms. The molecule has 0 unspecified atom stereocenters. The summed E-state index contributed by atoms with van der Waals surface area (Å²) in [5.74, 6) is 0.349. The first-order valence-corrected chi connectivity index (χ1v) is 9.73. The van der Waals surface area contributed by atoms with Crippen molar-refractivity contribution in [3.63, 3.8) is 0 Å². The summed E-state index contributed by atoms with van der Waals surface area (Å²) in [6, 6.07) is 6.57. The van der Waals surface area contributed by atoms with Crippen LogP contribution < -0.4 is 4.90 Å². The Balaban J connectivity index is 1.65. The van der Waals surface area contributed by atoms with Crippen molar-refractivity contribution >= 4 is 27.8 Å². The molecule has 0 spiro atoms. The van der Waals surface area contributed by atoms with Crippen LogP contribution >= 0.6 is 15.9 Å². The maximum Gasteiger partial charge on any atom is 0.226 e. The fourth-order valence-corrected chi connectivity index (χ4v) is 3.71. The molecule has 1 aliphatic rings. The molecule has 0 bridgehead atoms. The molecule has 1 aromatic carbocycles. The van der Waals surface area contributed by atoms with Crippen molar-refractivity contribution in [2.24, 2.45) is 5.92 Å². The Morgan fingerprint density at radius 1 is 1.33 bits per heavy atom. The van der Waals surface area contributed by atoms with Crippen LogP contribution in [0.3, 0.4) is 0 Å². The van der Waals surface area contributed by atoms with E-state index in [0.717, 1.165) is 30.4 Å². The fraction of sp³-hybridized carbons (Fsp3) is 0.350. The molecule has 1 fully saturated rings. The molecule has 0 atom stereocenters. The highest BCUT2D eigenvalue weighted by atomic mass is 79.9. The number of carbonyl (C=O) groups excluding carboxylic acids is 1. The van der Waals surface area contributed by atoms with Crippen LogP contribution in [0.1, 0.15) is 18.4 Å². The lowest BCUT2D eigenvalue weighted by Gasteiger charge is -2.34. The van der Waals surface area contributed by atoms with Crippen molar-refractivity contribution in [2.45, 2.75) is 19.4 Å². The van der Waals surface area contributed by atoms with E-state index in [4.69, 9.17) is 0 Å². The van der Waals surface area contributed by atoms with Crippen LogP contribution in [0.2, 0.25) is 0 Å². The molecule has 2 aromatic rings. The topological polar surface area (TPSA) is 49.3 Å². The summed E-state index contributed by atoms with van der Waals surface area (Å²) in [4.78, 5) is 25.3. The van der Waals surface area contributed by atoms with Crippen LogP contribution in [0.4, 0.5) is 10.3 Å². The SMILES string of the molecule is C=CCN(Cc1cc(Br)ccc1F)C(=O)C1CCN(c2ncccn2)CC1. The van der Waals surface area contributed by atoms with E-state index in [-0.39, 0.29) is 24.2 Å². The van der Waals surface area contributed by atoms with E-state index in [9.17, 15) is 9.18 Å². The van der Waals surface area contributed by atoms with E-state index >= 15 is 0 Å². The Morgan fingerprint density at radius 3 is 2.70 bits per heavy atom. The molecule has 0 radical (unpaired) electrons. The third-order valence-corrected chi connectivity index (χ3v) is 5.20. The van der Waals surface area contributed by atoms with Crippen molar-refractivity contribution in [1.82, 2.24) is 14.9 Å². The molecule has 1 aliphatic heterocycles. The Kier molecular flexibility index (Phi) is 6.55. The number of amides is 1. The van der Waals surface area contributed by atoms with Crippen LogP contribution in [0.25, 0.3) is 0 Å². The lowest BCUT2D eigenvalue weighted by molar-refractivity contribution is -0.136. The summed E-state index contributed by atoms with van der Waals surface area (Å²) in [6.45, 7) is 5.83. The molecule has 2 heterocycles. The van der Waals surface area contributed by atoms with E-state index in [1.807, 2.05) is 0 Å². The quantitative estimate of drug-likeness (QED) is 0.651. The van der Waals surface area contributed by atoms with E-state index in [1.54, 1.807) is 41.6 Å². The largest absolute Gasteiger partial charge is 0.341 e. The Bertz CT molecular complexity index is 794. The van der Waals surface area contributed by atoms with Gasteiger partial charge in [-0.05, 0) is 37.1 Å². The summed E-state index contributed by atoms with van der Waals surface area (Å²) in [5, 5.41) is 0. The minimum absolute atomic E-state index is 0.0444. The van der Waals surface area contributed by atoms with E-state index < -0.39 is 0 Å². The Hall–Kier alpha value is -2.28. The number of piperidine rings is 1. The Morgan fingerprint density at radius 2 is 2.04 bits per heavy atom. The fourth-order valence-electron chi connectivity index (χ4n) is 3.30. The van der Waals surface area contributed by atoms with Crippen molar-refractivity contribution in [1.29, 1.82) is 0 Å². The highest BCUT2D eigenvalue weighted by Crippen LogP contribution is 2.24. The molecule has 3 rings (SSSR count). The minimum Gasteiger partial charge on any atom is -0.341 e. The van der Waals surface area contributed by atoms with Gasteiger partial charge in [0.2, 0.25) is 11.9 Å². The lowest BCUT2D eigenvalue weighted by Crippen LogP contribution is -2.43. The molecule has 7 heteroatoms. The first-order chi connectivity index (χ1) is 13.1. The van der Waals surface area contributed by atoms with Gasteiger partial charge in [0.05, 0.1) is 0 Å². The van der Waals surface area contributed by atoms with Crippen molar-refractivity contribution in [3.8, 4) is 0 Å². The number of hydrogen-bond acceptors (Lipinski definition) is 4. The first-order valence-electron chi connectivity index (χ1n) is 8.94. The molecular formula is C20H22BrFN4O. The van der Waals surface area contributed by atoms with E-state index in [2.05, 4.69) is 37.4 Å². The smallest absolute Gasteiger partial charge is 0.226 e. The first kappa shape index (κ1) is 19.5. The number of hydrogen-bond donors (Lipinski definition) is 0. The van der Waals surface area contributed by atoms with Crippen molar-refractivity contribution in [2.75, 3.05) is 24.5 Å². The van der Waals surface area contributed by atoms with Gasteiger partial charge in [0.15, 0.2) is 0 Å². The van der Waals surface area contributed by atoms with Crippen molar-refractivity contribution in [3.05, 3.63) is 65.2 Å². The van der Waals surface area contributed by atoms with Crippen LogP contribution in [-0.4, -0.2) is 40.4 Å². The van der Waals surface area contributed by atoms with Gasteiger partial charge in [-0.3, -0.25) is 4.79 Å². The Labute approximate surface area is 167 Å². The summed E-state index contributed by atoms with van der Waals surface area (Å²) < 4.78 is 14.9. The molecular weight excluding hydrogens is 411 g/mol. The van der Waals surface area contributed by atoms with Gasteiger partial charge in [0.1, 0.15) is 5.82 Å². The highest BCUT2D eigenvalue weighted by molar-refractivity contribution is 9.10. The highest BCUT2D eigenvalue weighted by Gasteiger charge is 2.29. The number of carbonyl (C=O) groups is 1. The normalized spacial score (nSPS) is 14.8. The van der Waals surface area contributed by atoms with Gasteiger partial charge in [-0.25, -0.2) is 14.4 Å². The van der Waals surface area contributed by atoms with Crippen LogP contribution in [0.5, 0.6) is 0 Å². The summed E-state index contributed by atoms with van der Waals surface area (Å²) in [6.07, 6.45) is 6.58. The predicted molar refractivity (Wildman–Crippen MR) is 107 cm³/mol. The second kappa shape index (κ2) is 9.08.